The van der Waals surface area contributed by atoms with E-state index in [1.807, 2.05) is 40.0 Å². The number of aromatic nitrogens is 5. The summed E-state index contributed by atoms with van der Waals surface area (Å²) in [6.45, 7) is 3.62. The Hall–Kier alpha value is -4.57. The third-order valence-corrected chi connectivity index (χ3v) is 9.87. The van der Waals surface area contributed by atoms with Crippen molar-refractivity contribution in [2.45, 2.75) is 70.4 Å². The van der Waals surface area contributed by atoms with E-state index in [9.17, 15) is 9.59 Å². The first-order valence-corrected chi connectivity index (χ1v) is 17.3. The van der Waals surface area contributed by atoms with Crippen molar-refractivity contribution in [2.24, 2.45) is 0 Å². The van der Waals surface area contributed by atoms with E-state index in [4.69, 9.17) is 4.98 Å². The van der Waals surface area contributed by atoms with Gasteiger partial charge in [-0.15, -0.1) is 11.3 Å². The fraction of sp³-hybridized carbons (Fsp3) is 0.361. The lowest BCUT2D eigenvalue weighted by Gasteiger charge is -2.23. The number of amides is 2. The second-order valence-electron chi connectivity index (χ2n) is 12.2. The molecule has 5 aromatic rings. The second-order valence-corrected chi connectivity index (χ2v) is 13.0. The van der Waals surface area contributed by atoms with Crippen LogP contribution in [0.15, 0.2) is 71.8 Å². The summed E-state index contributed by atoms with van der Waals surface area (Å²) >= 11 is 1.56. The number of H-pyrrole nitrogens is 2. The first-order chi connectivity index (χ1) is 22.6. The van der Waals surface area contributed by atoms with Crippen LogP contribution in [-0.4, -0.2) is 59.6 Å². The molecule has 3 aromatic heterocycles. The number of rotatable bonds is 10. The quantitative estimate of drug-likeness (QED) is 0.167. The van der Waals surface area contributed by atoms with Crippen molar-refractivity contribution in [2.75, 3.05) is 13.1 Å². The standard InChI is InChI=1S/C36H39N7O2S/c1-2-5-33(44)42-18-3-6-31(42)35-37-20-29(40-35)26-12-8-24(9-13-26)25-10-14-27(15-11-25)30-21-38-36(41-30)32-7-4-19-43(32)34(45)17-16-28-22-46-23-39-28/h8-15,20-23,31-32H,2-7,16-19H2,1H3,(H,37,40)(H,38,41)/t31-,32-/m0/s1. The van der Waals surface area contributed by atoms with Crippen LogP contribution < -0.4 is 0 Å². The highest BCUT2D eigenvalue weighted by Crippen LogP contribution is 2.34. The SMILES string of the molecule is CCCC(=O)N1CCC[C@H]1c1ncc(-c2ccc(-c3ccc(-c4cnc([C@@H]5CCCN5C(=O)CCc5cscn5)[nH]4)cc3)cc2)[nH]1. The Balaban J connectivity index is 0.992. The number of likely N-dealkylation sites (tertiary alicyclic amines) is 2. The molecule has 46 heavy (non-hydrogen) atoms. The number of aryl methyl sites for hydroxylation is 1. The fourth-order valence-corrected chi connectivity index (χ4v) is 7.38. The molecule has 2 amide bonds. The lowest BCUT2D eigenvalue weighted by molar-refractivity contribution is -0.133. The molecule has 5 heterocycles. The van der Waals surface area contributed by atoms with Crippen LogP contribution in [0.2, 0.25) is 0 Å². The molecular weight excluding hydrogens is 595 g/mol. The average molecular weight is 634 g/mol. The lowest BCUT2D eigenvalue weighted by Crippen LogP contribution is -2.31. The van der Waals surface area contributed by atoms with Crippen LogP contribution in [0.1, 0.15) is 81.3 Å². The van der Waals surface area contributed by atoms with Crippen LogP contribution in [0.3, 0.4) is 0 Å². The van der Waals surface area contributed by atoms with Crippen molar-refractivity contribution in [1.82, 2.24) is 34.7 Å². The van der Waals surface area contributed by atoms with Gasteiger partial charge in [0.05, 0.1) is 47.1 Å². The number of benzene rings is 2. The molecule has 2 aliphatic heterocycles. The summed E-state index contributed by atoms with van der Waals surface area (Å²) in [6, 6.07) is 17.0. The van der Waals surface area contributed by atoms with E-state index >= 15 is 0 Å². The third kappa shape index (κ3) is 6.26. The highest BCUT2D eigenvalue weighted by Gasteiger charge is 2.32. The van der Waals surface area contributed by atoms with Gasteiger partial charge in [0, 0.05) is 31.3 Å². The van der Waals surface area contributed by atoms with Crippen LogP contribution in [0.4, 0.5) is 0 Å². The predicted molar refractivity (Wildman–Crippen MR) is 180 cm³/mol. The maximum atomic E-state index is 13.0. The Labute approximate surface area is 273 Å². The maximum Gasteiger partial charge on any atom is 0.223 e. The summed E-state index contributed by atoms with van der Waals surface area (Å²) < 4.78 is 0. The van der Waals surface area contributed by atoms with Crippen molar-refractivity contribution < 1.29 is 9.59 Å². The van der Waals surface area contributed by atoms with Crippen LogP contribution in [0, 0.1) is 0 Å². The normalized spacial score (nSPS) is 18.0. The number of nitrogens with zero attached hydrogens (tertiary/aromatic N) is 5. The lowest BCUT2D eigenvalue weighted by atomic mass is 10.0. The molecule has 7 rings (SSSR count). The maximum absolute atomic E-state index is 13.0. The van der Waals surface area contributed by atoms with Crippen LogP contribution in [0.25, 0.3) is 33.6 Å². The van der Waals surface area contributed by atoms with Crippen LogP contribution in [-0.2, 0) is 16.0 Å². The Morgan fingerprint density at radius 2 is 1.24 bits per heavy atom. The summed E-state index contributed by atoms with van der Waals surface area (Å²) in [7, 11) is 0. The van der Waals surface area contributed by atoms with E-state index in [-0.39, 0.29) is 23.9 Å². The van der Waals surface area contributed by atoms with Crippen molar-refractivity contribution >= 4 is 23.2 Å². The van der Waals surface area contributed by atoms with E-state index in [0.717, 1.165) is 96.2 Å². The molecule has 0 radical (unpaired) electrons. The summed E-state index contributed by atoms with van der Waals surface area (Å²) in [4.78, 5) is 50.2. The van der Waals surface area contributed by atoms with E-state index in [1.54, 1.807) is 11.3 Å². The number of imidazole rings is 2. The smallest absolute Gasteiger partial charge is 0.223 e. The fourth-order valence-electron chi connectivity index (χ4n) is 6.79. The van der Waals surface area contributed by atoms with Gasteiger partial charge in [-0.3, -0.25) is 9.59 Å². The number of aromatic amines is 2. The van der Waals surface area contributed by atoms with Gasteiger partial charge in [-0.2, -0.15) is 0 Å². The van der Waals surface area contributed by atoms with Gasteiger partial charge in [-0.05, 0) is 60.8 Å². The van der Waals surface area contributed by atoms with Crippen LogP contribution >= 0.6 is 11.3 Å². The highest BCUT2D eigenvalue weighted by molar-refractivity contribution is 7.07. The third-order valence-electron chi connectivity index (χ3n) is 9.24. The number of carbonyl (C=O) groups excluding carboxylic acids is 2. The minimum atomic E-state index is -0.0129. The zero-order valence-electron chi connectivity index (χ0n) is 26.1. The minimum Gasteiger partial charge on any atom is -0.340 e. The van der Waals surface area contributed by atoms with E-state index in [0.29, 0.717) is 19.3 Å². The largest absolute Gasteiger partial charge is 0.340 e. The molecular formula is C36H39N7O2S. The molecule has 236 valence electrons. The molecule has 0 unspecified atom stereocenters. The van der Waals surface area contributed by atoms with E-state index in [2.05, 4.69) is 68.5 Å². The van der Waals surface area contributed by atoms with Gasteiger partial charge in [0.15, 0.2) is 0 Å². The first-order valence-electron chi connectivity index (χ1n) is 16.3. The number of carbonyl (C=O) groups is 2. The van der Waals surface area contributed by atoms with Gasteiger partial charge >= 0.3 is 0 Å². The minimum absolute atomic E-state index is 0.0129. The Bertz CT molecular complexity index is 1780. The highest BCUT2D eigenvalue weighted by atomic mass is 32.1. The molecule has 2 N–H and O–H groups in total. The second kappa shape index (κ2) is 13.4. The number of nitrogens with one attached hydrogen (secondary N) is 2. The number of hydrogen-bond acceptors (Lipinski definition) is 6. The molecule has 0 saturated carbocycles. The van der Waals surface area contributed by atoms with Gasteiger partial charge in [0.25, 0.3) is 0 Å². The molecule has 2 aromatic carbocycles. The van der Waals surface area contributed by atoms with Gasteiger partial charge in [0.2, 0.25) is 11.8 Å². The molecule has 9 nitrogen and oxygen atoms in total. The summed E-state index contributed by atoms with van der Waals surface area (Å²) in [5.74, 6) is 2.11. The molecule has 2 atom stereocenters. The van der Waals surface area contributed by atoms with Crippen LogP contribution in [0.5, 0.6) is 0 Å². The Morgan fingerprint density at radius 3 is 1.72 bits per heavy atom. The van der Waals surface area contributed by atoms with Gasteiger partial charge < -0.3 is 19.8 Å². The monoisotopic (exact) mass is 633 g/mol. The van der Waals surface area contributed by atoms with Gasteiger partial charge in [0.1, 0.15) is 11.6 Å². The summed E-state index contributed by atoms with van der Waals surface area (Å²) in [5, 5.41) is 2.01. The zero-order chi connectivity index (χ0) is 31.5. The van der Waals surface area contributed by atoms with Crippen molar-refractivity contribution in [1.29, 1.82) is 0 Å². The Morgan fingerprint density at radius 1 is 0.739 bits per heavy atom. The molecule has 2 aliphatic rings. The molecule has 0 spiro atoms. The predicted octanol–water partition coefficient (Wildman–Crippen LogP) is 7.35. The first kappa shape index (κ1) is 30.1. The molecule has 2 saturated heterocycles. The summed E-state index contributed by atoms with van der Waals surface area (Å²) in [5.41, 5.74) is 9.09. The van der Waals surface area contributed by atoms with E-state index < -0.39 is 0 Å². The van der Waals surface area contributed by atoms with Crippen molar-refractivity contribution in [3.8, 4) is 33.6 Å². The Kier molecular flexibility index (Phi) is 8.78. The van der Waals surface area contributed by atoms with Gasteiger partial charge in [-0.25, -0.2) is 15.0 Å². The molecule has 0 aliphatic carbocycles. The number of hydrogen-bond donors (Lipinski definition) is 2. The topological polar surface area (TPSA) is 111 Å². The molecule has 2 fully saturated rings. The zero-order valence-corrected chi connectivity index (χ0v) is 26.9. The van der Waals surface area contributed by atoms with E-state index in [1.165, 1.54) is 0 Å². The summed E-state index contributed by atoms with van der Waals surface area (Å²) in [6.07, 6.45) is 10.2. The van der Waals surface area contributed by atoms with Crippen molar-refractivity contribution in [3.05, 3.63) is 89.2 Å². The van der Waals surface area contributed by atoms with Gasteiger partial charge in [-0.1, -0.05) is 55.5 Å². The molecule has 0 bridgehead atoms. The van der Waals surface area contributed by atoms with Crippen molar-refractivity contribution in [3.63, 3.8) is 0 Å². The number of thiazole rings is 1. The molecule has 10 heteroatoms. The average Bonchev–Trinajstić information content (AvgIpc) is 3.92.